The van der Waals surface area contributed by atoms with Crippen LogP contribution in [0.5, 0.6) is 0 Å². The van der Waals surface area contributed by atoms with Crippen LogP contribution in [-0.2, 0) is 6.42 Å². The van der Waals surface area contributed by atoms with Crippen molar-refractivity contribution in [2.45, 2.75) is 46.6 Å². The van der Waals surface area contributed by atoms with Gasteiger partial charge in [-0.3, -0.25) is 0 Å². The van der Waals surface area contributed by atoms with Gasteiger partial charge in [-0.1, -0.05) is 27.7 Å². The van der Waals surface area contributed by atoms with Crippen LogP contribution in [-0.4, -0.2) is 11.2 Å². The van der Waals surface area contributed by atoms with Crippen molar-refractivity contribution in [3.8, 4) is 0 Å². The molecule has 0 spiro atoms. The Balaban J connectivity index is 2.65. The normalized spacial score (nSPS) is 15.5. The molecule has 0 amide bonds. The third-order valence-electron chi connectivity index (χ3n) is 3.57. The second-order valence-corrected chi connectivity index (χ2v) is 6.10. The molecule has 0 saturated carbocycles. The van der Waals surface area contributed by atoms with Crippen LogP contribution in [0.4, 0.5) is 8.78 Å². The van der Waals surface area contributed by atoms with Crippen LogP contribution in [0.3, 0.4) is 0 Å². The van der Waals surface area contributed by atoms with Gasteiger partial charge >= 0.3 is 0 Å². The summed E-state index contributed by atoms with van der Waals surface area (Å²) < 4.78 is 26.4. The molecule has 0 bridgehead atoms. The van der Waals surface area contributed by atoms with Gasteiger partial charge in [-0.05, 0) is 41.5 Å². The van der Waals surface area contributed by atoms with Gasteiger partial charge in [-0.25, -0.2) is 8.78 Å². The average molecular weight is 256 g/mol. The van der Waals surface area contributed by atoms with E-state index in [0.29, 0.717) is 12.3 Å². The Hall–Kier alpha value is -0.960. The molecule has 1 aromatic rings. The van der Waals surface area contributed by atoms with Crippen molar-refractivity contribution >= 4 is 0 Å². The van der Waals surface area contributed by atoms with Crippen molar-refractivity contribution in [2.75, 3.05) is 0 Å². The minimum Gasteiger partial charge on any atom is -0.393 e. The van der Waals surface area contributed by atoms with E-state index in [1.807, 2.05) is 0 Å². The van der Waals surface area contributed by atoms with E-state index >= 15 is 0 Å². The lowest BCUT2D eigenvalue weighted by molar-refractivity contribution is 0.109. The fourth-order valence-electron chi connectivity index (χ4n) is 1.80. The summed E-state index contributed by atoms with van der Waals surface area (Å²) in [6.45, 7) is 8.37. The Morgan fingerprint density at radius 1 is 1.22 bits per heavy atom. The maximum Gasteiger partial charge on any atom is 0.126 e. The van der Waals surface area contributed by atoms with E-state index in [2.05, 4.69) is 27.7 Å². The summed E-state index contributed by atoms with van der Waals surface area (Å²) in [5.41, 5.74) is 0.338. The third kappa shape index (κ3) is 4.37. The minimum absolute atomic E-state index is 0.0987. The van der Waals surface area contributed by atoms with Gasteiger partial charge in [-0.2, -0.15) is 0 Å². The molecule has 0 fully saturated rings. The van der Waals surface area contributed by atoms with Crippen LogP contribution in [0, 0.1) is 23.0 Å². The first-order chi connectivity index (χ1) is 8.20. The molecule has 0 aromatic heterocycles. The van der Waals surface area contributed by atoms with Gasteiger partial charge in [0, 0.05) is 6.42 Å². The highest BCUT2D eigenvalue weighted by Gasteiger charge is 2.23. The topological polar surface area (TPSA) is 20.2 Å². The van der Waals surface area contributed by atoms with Gasteiger partial charge in [0.05, 0.1) is 6.10 Å². The molecule has 2 unspecified atom stereocenters. The maximum atomic E-state index is 13.4. The molecule has 1 aromatic carbocycles. The molecule has 1 N–H and O–H groups in total. The van der Waals surface area contributed by atoms with Crippen LogP contribution in [0.25, 0.3) is 0 Å². The van der Waals surface area contributed by atoms with Crippen molar-refractivity contribution in [1.82, 2.24) is 0 Å². The largest absolute Gasteiger partial charge is 0.393 e. The van der Waals surface area contributed by atoms with Gasteiger partial charge < -0.3 is 5.11 Å². The molecule has 0 saturated heterocycles. The molecular formula is C15H22F2O. The first-order valence-electron chi connectivity index (χ1n) is 6.32. The maximum absolute atomic E-state index is 13.4. The Labute approximate surface area is 108 Å². The number of aliphatic hydroxyl groups excluding tert-OH is 1. The third-order valence-corrected chi connectivity index (χ3v) is 3.57. The zero-order valence-corrected chi connectivity index (χ0v) is 11.5. The molecule has 0 radical (unpaired) electrons. The molecule has 0 aliphatic carbocycles. The Kier molecular flexibility index (Phi) is 4.85. The summed E-state index contributed by atoms with van der Waals surface area (Å²) >= 11 is 0. The lowest BCUT2D eigenvalue weighted by Gasteiger charge is -2.29. The van der Waals surface area contributed by atoms with Crippen molar-refractivity contribution in [1.29, 1.82) is 0 Å². The fraction of sp³-hybridized carbons (Fsp3) is 0.600. The molecular weight excluding hydrogens is 234 g/mol. The lowest BCUT2D eigenvalue weighted by Crippen LogP contribution is -2.24. The summed E-state index contributed by atoms with van der Waals surface area (Å²) in [6, 6.07) is 3.34. The minimum atomic E-state index is -0.643. The predicted octanol–water partition coefficient (Wildman–Crippen LogP) is 3.94. The predicted molar refractivity (Wildman–Crippen MR) is 69.3 cm³/mol. The molecule has 0 heterocycles. The fourth-order valence-corrected chi connectivity index (χ4v) is 1.80. The van der Waals surface area contributed by atoms with E-state index in [9.17, 15) is 13.9 Å². The smallest absolute Gasteiger partial charge is 0.126 e. The summed E-state index contributed by atoms with van der Waals surface area (Å²) in [7, 11) is 0. The van der Waals surface area contributed by atoms with E-state index < -0.39 is 17.7 Å². The Bertz CT molecular complexity index is 396. The molecule has 1 nitrogen and oxygen atoms in total. The standard InChI is InChI=1S/C15H22F2O/c1-10(15(2,3)4)7-13(18)9-11-8-12(16)5-6-14(11)17/h5-6,8,10,13,18H,7,9H2,1-4H3. The van der Waals surface area contributed by atoms with Crippen LogP contribution in [0.1, 0.15) is 39.7 Å². The number of halogens is 2. The number of rotatable bonds is 4. The van der Waals surface area contributed by atoms with Crippen LogP contribution in [0.15, 0.2) is 18.2 Å². The first kappa shape index (κ1) is 15.1. The van der Waals surface area contributed by atoms with Gasteiger partial charge in [0.15, 0.2) is 0 Å². The SMILES string of the molecule is CC(CC(O)Cc1cc(F)ccc1F)C(C)(C)C. The van der Waals surface area contributed by atoms with Gasteiger partial charge in [0.2, 0.25) is 0 Å². The van der Waals surface area contributed by atoms with Gasteiger partial charge in [-0.15, -0.1) is 0 Å². The van der Waals surface area contributed by atoms with E-state index in [-0.39, 0.29) is 17.4 Å². The van der Waals surface area contributed by atoms with Crippen molar-refractivity contribution < 1.29 is 13.9 Å². The summed E-state index contributed by atoms with van der Waals surface area (Å²) in [5, 5.41) is 9.96. The first-order valence-corrected chi connectivity index (χ1v) is 6.32. The van der Waals surface area contributed by atoms with Crippen LogP contribution in [0.2, 0.25) is 0 Å². The molecule has 3 heteroatoms. The molecule has 102 valence electrons. The highest BCUT2D eigenvalue weighted by molar-refractivity contribution is 5.19. The molecule has 1 rings (SSSR count). The average Bonchev–Trinajstić information content (AvgIpc) is 2.22. The second-order valence-electron chi connectivity index (χ2n) is 6.10. The zero-order valence-electron chi connectivity index (χ0n) is 11.5. The van der Waals surface area contributed by atoms with E-state index in [0.717, 1.165) is 18.2 Å². The van der Waals surface area contributed by atoms with Crippen molar-refractivity contribution in [2.24, 2.45) is 11.3 Å². The van der Waals surface area contributed by atoms with Crippen LogP contribution < -0.4 is 0 Å². The number of hydrogen-bond acceptors (Lipinski definition) is 1. The van der Waals surface area contributed by atoms with Crippen molar-refractivity contribution in [3.05, 3.63) is 35.4 Å². The lowest BCUT2D eigenvalue weighted by atomic mass is 9.78. The van der Waals surface area contributed by atoms with E-state index in [4.69, 9.17) is 0 Å². The monoisotopic (exact) mass is 256 g/mol. The molecule has 2 atom stereocenters. The number of hydrogen-bond donors (Lipinski definition) is 1. The van der Waals surface area contributed by atoms with E-state index in [1.165, 1.54) is 0 Å². The molecule has 0 aliphatic rings. The molecule has 0 aliphatic heterocycles. The van der Waals surface area contributed by atoms with Crippen LogP contribution >= 0.6 is 0 Å². The Morgan fingerprint density at radius 2 is 1.83 bits per heavy atom. The zero-order chi connectivity index (χ0) is 13.9. The number of aliphatic hydroxyl groups is 1. The number of benzene rings is 1. The van der Waals surface area contributed by atoms with E-state index in [1.54, 1.807) is 0 Å². The summed E-state index contributed by atoms with van der Waals surface area (Å²) in [5.74, 6) is -0.620. The molecule has 18 heavy (non-hydrogen) atoms. The van der Waals surface area contributed by atoms with Gasteiger partial charge in [0.25, 0.3) is 0 Å². The second kappa shape index (κ2) is 5.79. The van der Waals surface area contributed by atoms with Crippen molar-refractivity contribution in [3.63, 3.8) is 0 Å². The summed E-state index contributed by atoms with van der Waals surface area (Å²) in [4.78, 5) is 0. The highest BCUT2D eigenvalue weighted by Crippen LogP contribution is 2.29. The quantitative estimate of drug-likeness (QED) is 0.865. The Morgan fingerprint density at radius 3 is 2.39 bits per heavy atom. The summed E-state index contributed by atoms with van der Waals surface area (Å²) in [6.07, 6.45) is 0.0965. The highest BCUT2D eigenvalue weighted by atomic mass is 19.1. The van der Waals surface area contributed by atoms with Gasteiger partial charge in [0.1, 0.15) is 11.6 Å².